The first kappa shape index (κ1) is 49.5. The Morgan fingerprint density at radius 1 is 0.727 bits per heavy atom. The quantitative estimate of drug-likeness (QED) is 0.450. The molecule has 0 aliphatic heterocycles. The first-order valence-corrected chi connectivity index (χ1v) is 5.96. The smallest absolute Gasteiger partial charge is 0.0483 e. The fraction of sp³-hybridized carbons (Fsp3) is 0.556. The van der Waals surface area contributed by atoms with E-state index in [4.69, 9.17) is 15.3 Å². The van der Waals surface area contributed by atoms with Crippen molar-refractivity contribution in [1.29, 1.82) is 0 Å². The van der Waals surface area contributed by atoms with Crippen LogP contribution in [0.3, 0.4) is 0 Å². The van der Waals surface area contributed by atoms with E-state index in [0.29, 0.717) is 0 Å². The van der Waals surface area contributed by atoms with Crippen molar-refractivity contribution in [1.82, 2.24) is 0 Å². The molecule has 140 valence electrons. The molecule has 4 heteroatoms. The van der Waals surface area contributed by atoms with Crippen molar-refractivity contribution < 1.29 is 37.0 Å². The van der Waals surface area contributed by atoms with E-state index in [1.165, 1.54) is 0 Å². The first-order valence-electron chi connectivity index (χ1n) is 5.96. The average molecular weight is 353 g/mol. The Labute approximate surface area is 157 Å². The largest absolute Gasteiger partial charge is 0.394 e. The molecule has 0 heterocycles. The van der Waals surface area contributed by atoms with Crippen LogP contribution in [-0.2, 0) is 21.7 Å². The van der Waals surface area contributed by atoms with Crippen molar-refractivity contribution in [2.45, 2.75) is 66.3 Å². The maximum Gasteiger partial charge on any atom is 0.0483 e. The molecular weight excluding hydrogens is 312 g/mol. The fourth-order valence-electron chi connectivity index (χ4n) is 0.340. The summed E-state index contributed by atoms with van der Waals surface area (Å²) in [5.74, 6) is 0. The molecule has 0 atom stereocenters. The van der Waals surface area contributed by atoms with Crippen LogP contribution < -0.4 is 0 Å². The molecule has 0 fully saturated rings. The van der Waals surface area contributed by atoms with Crippen molar-refractivity contribution in [3.05, 3.63) is 54.0 Å². The molecule has 1 aliphatic carbocycles. The molecule has 0 aromatic carbocycles. The van der Waals surface area contributed by atoms with Gasteiger partial charge in [0.2, 0.25) is 0 Å². The van der Waals surface area contributed by atoms with Crippen LogP contribution >= 0.6 is 0 Å². The van der Waals surface area contributed by atoms with Gasteiger partial charge in [-0.15, -0.1) is 6.42 Å². The zero-order valence-electron chi connectivity index (χ0n) is 16.5. The van der Waals surface area contributed by atoms with Gasteiger partial charge in [0.15, 0.2) is 0 Å². The van der Waals surface area contributed by atoms with Gasteiger partial charge in [-0.05, 0) is 41.5 Å². The van der Waals surface area contributed by atoms with Gasteiger partial charge in [-0.2, -0.15) is 6.08 Å². The van der Waals surface area contributed by atoms with Crippen LogP contribution in [0.2, 0.25) is 0 Å². The van der Waals surface area contributed by atoms with Gasteiger partial charge in [0.05, 0.1) is 0 Å². The Morgan fingerprint density at radius 3 is 1.00 bits per heavy atom. The van der Waals surface area contributed by atoms with E-state index in [0.717, 1.165) is 6.42 Å². The van der Waals surface area contributed by atoms with Gasteiger partial charge >= 0.3 is 0 Å². The first-order chi connectivity index (χ1) is 7.70. The third-order valence-corrected chi connectivity index (χ3v) is 0.586. The molecule has 0 amide bonds. The molecule has 0 unspecified atom stereocenters. The number of rotatable bonds is 0. The van der Waals surface area contributed by atoms with Crippen molar-refractivity contribution in [3.63, 3.8) is 0 Å². The molecule has 3 nitrogen and oxygen atoms in total. The molecule has 0 aromatic rings. The Morgan fingerprint density at radius 2 is 0.955 bits per heavy atom. The molecule has 0 radical (unpaired) electrons. The fourth-order valence-corrected chi connectivity index (χ4v) is 0.340. The van der Waals surface area contributed by atoms with Crippen LogP contribution in [0.25, 0.3) is 0 Å². The van der Waals surface area contributed by atoms with Crippen LogP contribution in [-0.4, -0.2) is 33.6 Å². The van der Waals surface area contributed by atoms with E-state index in [1.807, 2.05) is 12.2 Å². The summed E-state index contributed by atoms with van der Waals surface area (Å²) >= 11 is 0. The van der Waals surface area contributed by atoms with Crippen LogP contribution in [0.1, 0.15) is 48.0 Å². The molecule has 0 aromatic heterocycles. The second-order valence-corrected chi connectivity index (χ2v) is 4.28. The van der Waals surface area contributed by atoms with Gasteiger partial charge < -0.3 is 45.0 Å². The molecule has 0 saturated carbocycles. The van der Waals surface area contributed by atoms with E-state index in [9.17, 15) is 0 Å². The zero-order valence-corrected chi connectivity index (χ0v) is 18.1. The summed E-state index contributed by atoms with van der Waals surface area (Å²) in [6, 6.07) is 0. The number of hydrogen-bond donors (Lipinski definition) is 3. The van der Waals surface area contributed by atoms with Crippen molar-refractivity contribution in [2.24, 2.45) is 0 Å². The van der Waals surface area contributed by atoms with E-state index in [-0.39, 0.29) is 69.7 Å². The molecule has 0 saturated heterocycles. The summed E-state index contributed by atoms with van der Waals surface area (Å²) < 4.78 is 0. The summed E-state index contributed by atoms with van der Waals surface area (Å²) in [4.78, 5) is 0. The summed E-state index contributed by atoms with van der Waals surface area (Å²) in [5.41, 5.74) is 0. The van der Waals surface area contributed by atoms with E-state index < -0.39 is 0 Å². The second-order valence-electron chi connectivity index (χ2n) is 4.28. The topological polar surface area (TPSA) is 60.7 Å². The second kappa shape index (κ2) is 42.9. The molecule has 1 aliphatic rings. The number of aliphatic hydroxyl groups excluding tert-OH is 3. The van der Waals surface area contributed by atoms with Crippen LogP contribution in [0, 0.1) is 35.8 Å². The maximum absolute atomic E-state index is 8.06. The molecule has 1 rings (SSSR count). The third kappa shape index (κ3) is 284. The van der Waals surface area contributed by atoms with Crippen molar-refractivity contribution >= 4 is 0 Å². The SMILES string of the molecule is CC(C)O.CC(C)O.CC(C)O.[C-]1=CC=CC1.[CH3-].[CH3-].[CH3-].[CH3-].[Ti]. The molecule has 3 N–H and O–H groups in total. The van der Waals surface area contributed by atoms with Crippen molar-refractivity contribution in [2.75, 3.05) is 0 Å². The van der Waals surface area contributed by atoms with E-state index in [1.54, 1.807) is 41.5 Å². The van der Waals surface area contributed by atoms with E-state index in [2.05, 4.69) is 12.2 Å². The summed E-state index contributed by atoms with van der Waals surface area (Å²) in [6.07, 6.45) is 9.50. The normalized spacial score (nSPS) is 8.91. The van der Waals surface area contributed by atoms with Crippen LogP contribution in [0.4, 0.5) is 0 Å². The summed E-state index contributed by atoms with van der Waals surface area (Å²) in [6.45, 7) is 10.3. The Kier molecular flexibility index (Phi) is 96.4. The Bertz CT molecular complexity index is 145. The van der Waals surface area contributed by atoms with Gasteiger partial charge in [0.25, 0.3) is 0 Å². The van der Waals surface area contributed by atoms with Gasteiger partial charge in [-0.3, -0.25) is 6.08 Å². The number of allylic oxidation sites excluding steroid dienone is 4. The third-order valence-electron chi connectivity index (χ3n) is 0.586. The maximum atomic E-state index is 8.06. The molecule has 0 spiro atoms. The molecule has 22 heavy (non-hydrogen) atoms. The van der Waals surface area contributed by atoms with E-state index >= 15 is 0 Å². The van der Waals surface area contributed by atoms with Gasteiger partial charge in [-0.25, -0.2) is 12.2 Å². The predicted molar refractivity (Wildman–Crippen MR) is 99.3 cm³/mol. The number of hydrogen-bond acceptors (Lipinski definition) is 3. The molecular formula is C18H41O3Ti-5. The minimum atomic E-state index is -0.167. The van der Waals surface area contributed by atoms with Gasteiger partial charge in [0.1, 0.15) is 0 Å². The summed E-state index contributed by atoms with van der Waals surface area (Å²) in [7, 11) is 0. The standard InChI is InChI=1S/C5H5.3C3H8O.4CH3.Ti/c1-2-4-5-3-1;3*1-3(2)4;;;;;/h1-3H,4H2;3*3-4H,1-2H3;4*1H3;/q-1;;;;4*-1;. The monoisotopic (exact) mass is 353 g/mol. The minimum Gasteiger partial charge on any atom is -0.394 e. The molecule has 0 bridgehead atoms. The average Bonchev–Trinajstić information content (AvgIpc) is 2.53. The van der Waals surface area contributed by atoms with Gasteiger partial charge in [0, 0.05) is 40.0 Å². The predicted octanol–water partition coefficient (Wildman–Crippen LogP) is 4.27. The zero-order chi connectivity index (χ0) is 14.3. The minimum absolute atomic E-state index is 0. The van der Waals surface area contributed by atoms with Crippen LogP contribution in [0.15, 0.2) is 18.2 Å². The number of aliphatic hydroxyl groups is 3. The van der Waals surface area contributed by atoms with Gasteiger partial charge in [-0.1, -0.05) is 0 Å². The Balaban J connectivity index is -0.0000000185. The Hall–Kier alpha value is 0.0743. The van der Waals surface area contributed by atoms with Crippen LogP contribution in [0.5, 0.6) is 0 Å². The summed E-state index contributed by atoms with van der Waals surface area (Å²) in [5, 5.41) is 24.2. The van der Waals surface area contributed by atoms with Crippen molar-refractivity contribution in [3.8, 4) is 0 Å².